The van der Waals surface area contributed by atoms with Crippen molar-refractivity contribution in [3.63, 3.8) is 0 Å². The number of carbonyl (C=O) groups excluding carboxylic acids is 1. The highest BCUT2D eigenvalue weighted by molar-refractivity contribution is 7.99. The highest BCUT2D eigenvalue weighted by Crippen LogP contribution is 2.20. The summed E-state index contributed by atoms with van der Waals surface area (Å²) in [4.78, 5) is 12.2. The van der Waals surface area contributed by atoms with E-state index in [1.807, 2.05) is 13.8 Å². The molecule has 1 amide bonds. The fourth-order valence-electron chi connectivity index (χ4n) is 2.25. The molecule has 0 atom stereocenters. The van der Waals surface area contributed by atoms with Crippen LogP contribution in [0, 0.1) is 13.8 Å². The van der Waals surface area contributed by atoms with Gasteiger partial charge in [0, 0.05) is 23.0 Å². The number of hydrogen-bond donors (Lipinski definition) is 2. The number of anilines is 1. The lowest BCUT2D eigenvalue weighted by Crippen LogP contribution is -2.30. The SMILES string of the molecule is Cc1noc(C)c1CSCC(=O)Nc1ccc(S(=O)(=O)NC(C)C)cc1. The molecule has 0 aliphatic carbocycles. The van der Waals surface area contributed by atoms with Crippen LogP contribution < -0.4 is 10.0 Å². The molecular weight excluding hydrogens is 374 g/mol. The molecule has 0 saturated carbocycles. The van der Waals surface area contributed by atoms with Crippen LogP contribution in [0.25, 0.3) is 0 Å². The standard InChI is InChI=1S/C17H23N3O4S2/c1-11(2)20-26(22,23)15-7-5-14(6-8-15)18-17(21)10-25-9-16-12(3)19-24-13(16)4/h5-8,11,20H,9-10H2,1-4H3,(H,18,21). The number of aromatic nitrogens is 1. The minimum atomic E-state index is -3.53. The van der Waals surface area contributed by atoms with Crippen LogP contribution in [0.15, 0.2) is 33.7 Å². The van der Waals surface area contributed by atoms with Crippen molar-refractivity contribution in [1.82, 2.24) is 9.88 Å². The van der Waals surface area contributed by atoms with Crippen LogP contribution in [0.4, 0.5) is 5.69 Å². The van der Waals surface area contributed by atoms with Crippen molar-refractivity contribution in [3.05, 3.63) is 41.3 Å². The van der Waals surface area contributed by atoms with E-state index < -0.39 is 10.0 Å². The number of rotatable bonds is 8. The van der Waals surface area contributed by atoms with Gasteiger partial charge < -0.3 is 9.84 Å². The highest BCUT2D eigenvalue weighted by atomic mass is 32.2. The number of carbonyl (C=O) groups is 1. The van der Waals surface area contributed by atoms with Gasteiger partial charge >= 0.3 is 0 Å². The van der Waals surface area contributed by atoms with Crippen LogP contribution in [0.5, 0.6) is 0 Å². The van der Waals surface area contributed by atoms with Crippen LogP contribution >= 0.6 is 11.8 Å². The lowest BCUT2D eigenvalue weighted by molar-refractivity contribution is -0.113. The quantitative estimate of drug-likeness (QED) is 0.710. The van der Waals surface area contributed by atoms with E-state index in [0.717, 1.165) is 17.0 Å². The fourth-order valence-corrected chi connectivity index (χ4v) is 4.47. The van der Waals surface area contributed by atoms with E-state index in [-0.39, 0.29) is 22.6 Å². The maximum absolute atomic E-state index is 12.1. The third-order valence-corrected chi connectivity index (χ3v) is 6.13. The Bertz CT molecular complexity index is 839. The number of nitrogens with one attached hydrogen (secondary N) is 2. The van der Waals surface area contributed by atoms with Crippen LogP contribution in [0.3, 0.4) is 0 Å². The minimum Gasteiger partial charge on any atom is -0.361 e. The van der Waals surface area contributed by atoms with Gasteiger partial charge in [-0.3, -0.25) is 4.79 Å². The van der Waals surface area contributed by atoms with Crippen LogP contribution in [-0.4, -0.2) is 31.3 Å². The molecule has 1 heterocycles. The van der Waals surface area contributed by atoms with Crippen molar-refractivity contribution in [3.8, 4) is 0 Å². The molecule has 26 heavy (non-hydrogen) atoms. The second-order valence-electron chi connectivity index (χ2n) is 6.14. The number of hydrogen-bond acceptors (Lipinski definition) is 6. The van der Waals surface area contributed by atoms with E-state index in [2.05, 4.69) is 15.2 Å². The molecule has 2 N–H and O–H groups in total. The van der Waals surface area contributed by atoms with E-state index in [4.69, 9.17) is 4.52 Å². The third kappa shape index (κ3) is 5.58. The summed E-state index contributed by atoms with van der Waals surface area (Å²) in [5, 5.41) is 6.64. The third-order valence-electron chi connectivity index (χ3n) is 3.50. The summed E-state index contributed by atoms with van der Waals surface area (Å²) in [5.74, 6) is 1.53. The van der Waals surface area contributed by atoms with Crippen molar-refractivity contribution in [1.29, 1.82) is 0 Å². The lowest BCUT2D eigenvalue weighted by atomic mass is 10.2. The minimum absolute atomic E-state index is 0.155. The van der Waals surface area contributed by atoms with Crippen molar-refractivity contribution < 1.29 is 17.7 Å². The first-order valence-electron chi connectivity index (χ1n) is 8.11. The van der Waals surface area contributed by atoms with Crippen LogP contribution in [0.1, 0.15) is 30.9 Å². The van der Waals surface area contributed by atoms with Gasteiger partial charge in [0.1, 0.15) is 5.76 Å². The highest BCUT2D eigenvalue weighted by Gasteiger charge is 2.15. The van der Waals surface area contributed by atoms with Crippen molar-refractivity contribution >= 4 is 33.4 Å². The normalized spacial score (nSPS) is 11.7. The monoisotopic (exact) mass is 397 g/mol. The average molecular weight is 398 g/mol. The molecule has 7 nitrogen and oxygen atoms in total. The second-order valence-corrected chi connectivity index (χ2v) is 8.84. The molecule has 0 fully saturated rings. The van der Waals surface area contributed by atoms with Crippen molar-refractivity contribution in [2.75, 3.05) is 11.1 Å². The maximum Gasteiger partial charge on any atom is 0.240 e. The van der Waals surface area contributed by atoms with Gasteiger partial charge in [-0.25, -0.2) is 13.1 Å². The molecule has 1 aromatic heterocycles. The largest absolute Gasteiger partial charge is 0.361 e. The smallest absolute Gasteiger partial charge is 0.240 e. The Kier molecular flexibility index (Phi) is 6.85. The molecule has 9 heteroatoms. The Hall–Kier alpha value is -1.84. The molecule has 1 aromatic carbocycles. The zero-order valence-electron chi connectivity index (χ0n) is 15.2. The molecule has 0 unspecified atom stereocenters. The predicted octanol–water partition coefficient (Wildman–Crippen LogP) is 2.85. The van der Waals surface area contributed by atoms with Gasteiger partial charge in [-0.2, -0.15) is 0 Å². The summed E-state index contributed by atoms with van der Waals surface area (Å²) in [6.45, 7) is 7.23. The number of sulfonamides is 1. The summed E-state index contributed by atoms with van der Waals surface area (Å²) in [6.07, 6.45) is 0. The van der Waals surface area contributed by atoms with Gasteiger partial charge in [0.15, 0.2) is 0 Å². The molecule has 142 valence electrons. The Morgan fingerprint density at radius 1 is 1.23 bits per heavy atom. The molecule has 0 aliphatic heterocycles. The van der Waals surface area contributed by atoms with Crippen LogP contribution in [-0.2, 0) is 20.6 Å². The van der Waals surface area contributed by atoms with Crippen molar-refractivity contribution in [2.45, 2.75) is 44.4 Å². The van der Waals surface area contributed by atoms with Gasteiger partial charge in [0.25, 0.3) is 0 Å². The van der Waals surface area contributed by atoms with Crippen LogP contribution in [0.2, 0.25) is 0 Å². The average Bonchev–Trinajstić information content (AvgIpc) is 2.86. The van der Waals surface area contributed by atoms with E-state index in [9.17, 15) is 13.2 Å². The summed E-state index contributed by atoms with van der Waals surface area (Å²) in [5.41, 5.74) is 2.40. The number of nitrogens with zero attached hydrogens (tertiary/aromatic N) is 1. The van der Waals surface area contributed by atoms with Gasteiger partial charge in [-0.1, -0.05) is 5.16 Å². The van der Waals surface area contributed by atoms with Gasteiger partial charge in [0.05, 0.1) is 16.3 Å². The predicted molar refractivity (Wildman–Crippen MR) is 103 cm³/mol. The van der Waals surface area contributed by atoms with E-state index in [1.54, 1.807) is 26.0 Å². The van der Waals surface area contributed by atoms with Gasteiger partial charge in [0.2, 0.25) is 15.9 Å². The summed E-state index contributed by atoms with van der Waals surface area (Å²) in [6, 6.07) is 5.90. The molecular formula is C17H23N3O4S2. The van der Waals surface area contributed by atoms with E-state index >= 15 is 0 Å². The molecule has 0 saturated heterocycles. The molecule has 2 aromatic rings. The maximum atomic E-state index is 12.1. The fraction of sp³-hybridized carbons (Fsp3) is 0.412. The first kappa shape index (κ1) is 20.5. The molecule has 0 radical (unpaired) electrons. The number of amides is 1. The Morgan fingerprint density at radius 2 is 1.88 bits per heavy atom. The molecule has 2 rings (SSSR count). The molecule has 0 spiro atoms. The zero-order valence-corrected chi connectivity index (χ0v) is 16.8. The lowest BCUT2D eigenvalue weighted by Gasteiger charge is -2.10. The number of aryl methyl sites for hydroxylation is 2. The Labute approximate surface area is 158 Å². The number of benzene rings is 1. The van der Waals surface area contributed by atoms with Gasteiger partial charge in [-0.05, 0) is 52.0 Å². The summed E-state index contributed by atoms with van der Waals surface area (Å²) in [7, 11) is -3.53. The van der Waals surface area contributed by atoms with E-state index in [1.165, 1.54) is 23.9 Å². The van der Waals surface area contributed by atoms with Crippen molar-refractivity contribution in [2.24, 2.45) is 0 Å². The Morgan fingerprint density at radius 3 is 2.42 bits per heavy atom. The van der Waals surface area contributed by atoms with Gasteiger partial charge in [-0.15, -0.1) is 11.8 Å². The first-order chi connectivity index (χ1) is 12.2. The van der Waals surface area contributed by atoms with E-state index in [0.29, 0.717) is 11.4 Å². The summed E-state index contributed by atoms with van der Waals surface area (Å²) >= 11 is 1.46. The number of thioether (sulfide) groups is 1. The zero-order chi connectivity index (χ0) is 19.3. The topological polar surface area (TPSA) is 101 Å². The first-order valence-corrected chi connectivity index (χ1v) is 10.7. The molecule has 0 aliphatic rings. The Balaban J connectivity index is 1.87. The molecule has 0 bridgehead atoms. The second kappa shape index (κ2) is 8.70. The summed E-state index contributed by atoms with van der Waals surface area (Å²) < 4.78 is 31.7.